The lowest BCUT2D eigenvalue weighted by atomic mass is 10.3. The summed E-state index contributed by atoms with van der Waals surface area (Å²) in [5.41, 5.74) is 0. The van der Waals surface area contributed by atoms with Gasteiger partial charge in [0.1, 0.15) is 16.5 Å². The van der Waals surface area contributed by atoms with Gasteiger partial charge in [0.25, 0.3) is 0 Å². The van der Waals surface area contributed by atoms with Gasteiger partial charge in [0.2, 0.25) is 10.0 Å². The summed E-state index contributed by atoms with van der Waals surface area (Å²) in [5.74, 6) is -1.85. The number of rotatable bonds is 5. The van der Waals surface area contributed by atoms with Crippen molar-refractivity contribution >= 4 is 10.0 Å². The Bertz CT molecular complexity index is 488. The summed E-state index contributed by atoms with van der Waals surface area (Å²) in [6, 6.07) is 2.20. The van der Waals surface area contributed by atoms with Crippen LogP contribution in [0.3, 0.4) is 0 Å². The lowest BCUT2D eigenvalue weighted by Crippen LogP contribution is -2.27. The van der Waals surface area contributed by atoms with Crippen molar-refractivity contribution in [3.8, 4) is 0 Å². The van der Waals surface area contributed by atoms with E-state index in [9.17, 15) is 17.2 Å². The minimum absolute atomic E-state index is 0.0457. The van der Waals surface area contributed by atoms with Crippen molar-refractivity contribution in [3.05, 3.63) is 29.8 Å². The number of sulfonamides is 1. The van der Waals surface area contributed by atoms with Crippen LogP contribution in [0.2, 0.25) is 0 Å². The summed E-state index contributed by atoms with van der Waals surface area (Å²) in [7, 11) is -4.09. The molecule has 4 nitrogen and oxygen atoms in total. The Balaban J connectivity index is 2.86. The van der Waals surface area contributed by atoms with Crippen LogP contribution < -0.4 is 4.72 Å². The molecule has 0 saturated carbocycles. The van der Waals surface area contributed by atoms with Crippen LogP contribution in [0.1, 0.15) is 13.3 Å². The van der Waals surface area contributed by atoms with Gasteiger partial charge >= 0.3 is 0 Å². The second kappa shape index (κ2) is 5.52. The predicted molar refractivity (Wildman–Crippen MR) is 57.8 cm³/mol. The van der Waals surface area contributed by atoms with Gasteiger partial charge in [-0.1, -0.05) is 0 Å². The zero-order valence-corrected chi connectivity index (χ0v) is 9.97. The fourth-order valence-electron chi connectivity index (χ4n) is 1.16. The van der Waals surface area contributed by atoms with Crippen molar-refractivity contribution < 1.29 is 22.3 Å². The van der Waals surface area contributed by atoms with Crippen molar-refractivity contribution in [2.45, 2.75) is 24.3 Å². The van der Waals surface area contributed by atoms with E-state index in [2.05, 4.69) is 4.72 Å². The molecule has 0 aromatic heterocycles. The Kier molecular flexibility index (Phi) is 4.55. The summed E-state index contributed by atoms with van der Waals surface area (Å²) in [6.07, 6.45) is -0.481. The van der Waals surface area contributed by atoms with Gasteiger partial charge in [-0.2, -0.15) is 0 Å². The van der Waals surface area contributed by atoms with Crippen molar-refractivity contribution in [3.63, 3.8) is 0 Å². The monoisotopic (exact) mass is 265 g/mol. The zero-order valence-electron chi connectivity index (χ0n) is 9.15. The standard InChI is InChI=1S/C10H13F2NO3S/c1-7(14)4-5-13-17(15,16)10-6-8(11)2-3-9(10)12/h2-3,6-7,13-14H,4-5H2,1H3. The van der Waals surface area contributed by atoms with Crippen LogP contribution >= 0.6 is 0 Å². The van der Waals surface area contributed by atoms with Crippen LogP contribution in [0.5, 0.6) is 0 Å². The minimum atomic E-state index is -4.09. The van der Waals surface area contributed by atoms with E-state index in [1.807, 2.05) is 0 Å². The van der Waals surface area contributed by atoms with Crippen LogP contribution in [0.4, 0.5) is 8.78 Å². The van der Waals surface area contributed by atoms with Crippen molar-refractivity contribution in [1.29, 1.82) is 0 Å². The molecule has 1 rings (SSSR count). The summed E-state index contributed by atoms with van der Waals surface area (Å²) in [4.78, 5) is -0.733. The third kappa shape index (κ3) is 4.03. The Labute approximate surface area is 98.3 Å². The smallest absolute Gasteiger partial charge is 0.243 e. The van der Waals surface area contributed by atoms with Crippen molar-refractivity contribution in [2.75, 3.05) is 6.54 Å². The molecule has 0 aliphatic heterocycles. The third-order valence-electron chi connectivity index (χ3n) is 2.04. The molecule has 17 heavy (non-hydrogen) atoms. The van der Waals surface area contributed by atoms with E-state index in [0.717, 1.165) is 12.1 Å². The van der Waals surface area contributed by atoms with E-state index >= 15 is 0 Å². The first-order chi connectivity index (χ1) is 7.83. The Morgan fingerprint density at radius 2 is 2.06 bits per heavy atom. The molecular weight excluding hydrogens is 252 g/mol. The molecule has 0 fully saturated rings. The molecular formula is C10H13F2NO3S. The van der Waals surface area contributed by atoms with Crippen LogP contribution in [0.15, 0.2) is 23.1 Å². The Hall–Kier alpha value is -1.05. The molecule has 1 unspecified atom stereocenters. The highest BCUT2D eigenvalue weighted by Crippen LogP contribution is 2.15. The number of hydrogen-bond donors (Lipinski definition) is 2. The van der Waals surface area contributed by atoms with Gasteiger partial charge in [0.05, 0.1) is 6.10 Å². The lowest BCUT2D eigenvalue weighted by Gasteiger charge is -2.08. The first kappa shape index (κ1) is 14.0. The number of aliphatic hydroxyl groups excluding tert-OH is 1. The SMILES string of the molecule is CC(O)CCNS(=O)(=O)c1cc(F)ccc1F. The van der Waals surface area contributed by atoms with Crippen LogP contribution in [-0.2, 0) is 10.0 Å². The molecule has 0 radical (unpaired) electrons. The molecule has 7 heteroatoms. The molecule has 0 aliphatic rings. The molecule has 96 valence electrons. The van der Waals surface area contributed by atoms with E-state index in [0.29, 0.717) is 6.07 Å². The van der Waals surface area contributed by atoms with Crippen molar-refractivity contribution in [1.82, 2.24) is 4.72 Å². The van der Waals surface area contributed by atoms with Gasteiger partial charge in [-0.3, -0.25) is 0 Å². The number of halogens is 2. The summed E-state index contributed by atoms with van der Waals surface area (Å²) < 4.78 is 51.3. The second-order valence-corrected chi connectivity index (χ2v) is 5.35. The van der Waals surface area contributed by atoms with Gasteiger partial charge < -0.3 is 5.11 Å². The summed E-state index contributed by atoms with van der Waals surface area (Å²) >= 11 is 0. The van der Waals surface area contributed by atoms with Crippen LogP contribution in [0.25, 0.3) is 0 Å². The predicted octanol–water partition coefficient (Wildman–Crippen LogP) is 1.01. The first-order valence-corrected chi connectivity index (χ1v) is 6.44. The molecule has 2 N–H and O–H groups in total. The number of hydrogen-bond acceptors (Lipinski definition) is 3. The number of benzene rings is 1. The average molecular weight is 265 g/mol. The van der Waals surface area contributed by atoms with E-state index in [1.165, 1.54) is 6.92 Å². The molecule has 0 aliphatic carbocycles. The maximum Gasteiger partial charge on any atom is 0.243 e. The van der Waals surface area contributed by atoms with E-state index in [1.54, 1.807) is 0 Å². The largest absolute Gasteiger partial charge is 0.393 e. The quantitative estimate of drug-likeness (QED) is 0.835. The van der Waals surface area contributed by atoms with E-state index < -0.39 is 32.7 Å². The number of nitrogens with one attached hydrogen (secondary N) is 1. The summed E-state index contributed by atoms with van der Waals surface area (Å²) in [5, 5.41) is 8.95. The molecule has 0 heterocycles. The molecule has 0 saturated heterocycles. The lowest BCUT2D eigenvalue weighted by molar-refractivity contribution is 0.186. The Morgan fingerprint density at radius 3 is 2.65 bits per heavy atom. The minimum Gasteiger partial charge on any atom is -0.393 e. The molecule has 1 atom stereocenters. The maximum atomic E-state index is 13.2. The molecule has 1 aromatic rings. The highest BCUT2D eigenvalue weighted by atomic mass is 32.2. The fourth-order valence-corrected chi connectivity index (χ4v) is 2.30. The fraction of sp³-hybridized carbons (Fsp3) is 0.400. The molecule has 0 spiro atoms. The van der Waals surface area contributed by atoms with Gasteiger partial charge in [-0.25, -0.2) is 21.9 Å². The number of aliphatic hydroxyl groups is 1. The highest BCUT2D eigenvalue weighted by molar-refractivity contribution is 7.89. The second-order valence-electron chi connectivity index (χ2n) is 3.61. The van der Waals surface area contributed by atoms with Crippen LogP contribution in [0, 0.1) is 11.6 Å². The molecule has 0 bridgehead atoms. The Morgan fingerprint density at radius 1 is 1.41 bits per heavy atom. The maximum absolute atomic E-state index is 13.2. The van der Waals surface area contributed by atoms with Gasteiger partial charge in [-0.15, -0.1) is 0 Å². The molecule has 0 amide bonds. The van der Waals surface area contributed by atoms with Crippen LogP contribution in [-0.4, -0.2) is 26.2 Å². The third-order valence-corrected chi connectivity index (χ3v) is 3.51. The van der Waals surface area contributed by atoms with Crippen molar-refractivity contribution in [2.24, 2.45) is 0 Å². The first-order valence-electron chi connectivity index (χ1n) is 4.95. The summed E-state index contributed by atoms with van der Waals surface area (Å²) in [6.45, 7) is 1.45. The zero-order chi connectivity index (χ0) is 13.1. The van der Waals surface area contributed by atoms with E-state index in [-0.39, 0.29) is 13.0 Å². The van der Waals surface area contributed by atoms with Gasteiger partial charge in [0.15, 0.2) is 0 Å². The topological polar surface area (TPSA) is 66.4 Å². The highest BCUT2D eigenvalue weighted by Gasteiger charge is 2.19. The van der Waals surface area contributed by atoms with Gasteiger partial charge in [0, 0.05) is 6.54 Å². The molecule has 1 aromatic carbocycles. The average Bonchev–Trinajstić information content (AvgIpc) is 2.20. The normalized spacial score (nSPS) is 13.6. The van der Waals surface area contributed by atoms with E-state index in [4.69, 9.17) is 5.11 Å². The van der Waals surface area contributed by atoms with Gasteiger partial charge in [-0.05, 0) is 31.5 Å².